The van der Waals surface area contributed by atoms with E-state index in [1.54, 1.807) is 22.1 Å². The second-order valence-corrected chi connectivity index (χ2v) is 8.45. The molecule has 0 bridgehead atoms. The molecule has 1 aliphatic rings. The molecule has 1 aromatic rings. The summed E-state index contributed by atoms with van der Waals surface area (Å²) in [7, 11) is 3.69. The maximum Gasteiger partial charge on any atom is 0.410 e. The Balaban J connectivity index is 2.14. The van der Waals surface area contributed by atoms with Gasteiger partial charge in [-0.2, -0.15) is 0 Å². The van der Waals surface area contributed by atoms with E-state index >= 15 is 0 Å². The molecule has 1 heterocycles. The second-order valence-electron chi connectivity index (χ2n) is 8.04. The van der Waals surface area contributed by atoms with Gasteiger partial charge in [-0.3, -0.25) is 4.79 Å². The Morgan fingerprint density at radius 3 is 2.71 bits per heavy atom. The van der Waals surface area contributed by atoms with Crippen LogP contribution < -0.4 is 0 Å². The molecule has 154 valence electrons. The Kier molecular flexibility index (Phi) is 7.49. The van der Waals surface area contributed by atoms with Crippen molar-refractivity contribution in [1.29, 1.82) is 0 Å². The average Bonchev–Trinajstić information content (AvgIpc) is 2.58. The van der Waals surface area contributed by atoms with E-state index in [4.69, 9.17) is 21.1 Å². The summed E-state index contributed by atoms with van der Waals surface area (Å²) in [4.78, 5) is 28.4. The van der Waals surface area contributed by atoms with Crippen molar-refractivity contribution in [3.8, 4) is 0 Å². The molecule has 0 N–H and O–H groups in total. The fourth-order valence-corrected chi connectivity index (χ4v) is 3.18. The summed E-state index contributed by atoms with van der Waals surface area (Å²) >= 11 is 6.32. The van der Waals surface area contributed by atoms with Gasteiger partial charge in [0.1, 0.15) is 5.60 Å². The Morgan fingerprint density at radius 1 is 1.36 bits per heavy atom. The van der Waals surface area contributed by atoms with Gasteiger partial charge in [-0.1, -0.05) is 23.7 Å². The van der Waals surface area contributed by atoms with E-state index in [2.05, 4.69) is 0 Å². The number of ether oxygens (including phenoxy) is 2. The van der Waals surface area contributed by atoms with Gasteiger partial charge in [-0.15, -0.1) is 0 Å². The minimum Gasteiger partial charge on any atom is -0.444 e. The van der Waals surface area contributed by atoms with Crippen molar-refractivity contribution in [2.24, 2.45) is 0 Å². The highest BCUT2D eigenvalue weighted by Crippen LogP contribution is 2.24. The predicted octanol–water partition coefficient (Wildman–Crippen LogP) is 3.78. The molecule has 1 fully saturated rings. The minimum absolute atomic E-state index is 0.158. The van der Waals surface area contributed by atoms with E-state index < -0.39 is 5.60 Å². The summed E-state index contributed by atoms with van der Waals surface area (Å²) in [6.45, 7) is 6.84. The van der Waals surface area contributed by atoms with E-state index in [-0.39, 0.29) is 18.0 Å². The van der Waals surface area contributed by atoms with Gasteiger partial charge in [-0.25, -0.2) is 4.79 Å². The maximum absolute atomic E-state index is 12.6. The lowest BCUT2D eigenvalue weighted by Crippen LogP contribution is -2.48. The van der Waals surface area contributed by atoms with Gasteiger partial charge in [0.25, 0.3) is 0 Å². The van der Waals surface area contributed by atoms with E-state index in [0.717, 1.165) is 5.56 Å². The Morgan fingerprint density at radius 2 is 2.07 bits per heavy atom. The Labute approximate surface area is 172 Å². The fraction of sp³-hybridized carbons (Fsp3) is 0.524. The number of benzene rings is 1. The molecule has 1 unspecified atom stereocenters. The van der Waals surface area contributed by atoms with E-state index in [9.17, 15) is 9.59 Å². The van der Waals surface area contributed by atoms with Crippen LogP contribution in [-0.4, -0.2) is 67.2 Å². The normalized spacial score (nSPS) is 17.6. The highest BCUT2D eigenvalue weighted by Gasteiger charge is 2.29. The summed E-state index contributed by atoms with van der Waals surface area (Å²) < 4.78 is 11.3. The summed E-state index contributed by atoms with van der Waals surface area (Å²) in [6, 6.07) is 5.40. The number of hydrogen-bond acceptors (Lipinski definition) is 5. The van der Waals surface area contributed by atoms with Crippen LogP contribution in [0.5, 0.6) is 0 Å². The molecule has 0 spiro atoms. The third-order valence-electron chi connectivity index (χ3n) is 4.11. The van der Waals surface area contributed by atoms with Gasteiger partial charge >= 0.3 is 6.09 Å². The van der Waals surface area contributed by atoms with Crippen LogP contribution in [0, 0.1) is 0 Å². The highest BCUT2D eigenvalue weighted by atomic mass is 35.5. The van der Waals surface area contributed by atoms with E-state index in [1.807, 2.05) is 47.0 Å². The van der Waals surface area contributed by atoms with Crippen LogP contribution in [0.15, 0.2) is 30.5 Å². The molecular formula is C21H29ClN2O4. The van der Waals surface area contributed by atoms with E-state index in [1.165, 1.54) is 6.08 Å². The maximum atomic E-state index is 12.6. The zero-order chi connectivity index (χ0) is 20.9. The zero-order valence-electron chi connectivity index (χ0n) is 17.2. The molecular weight excluding hydrogens is 380 g/mol. The van der Waals surface area contributed by atoms with Crippen molar-refractivity contribution in [2.45, 2.75) is 38.9 Å². The van der Waals surface area contributed by atoms with Crippen LogP contribution in [0.1, 0.15) is 36.7 Å². The SMILES string of the molecule is CN(C)/C=C/C(=O)c1c(Cl)cccc1CC1CN(C(=O)OC(C)(C)C)CCO1. The van der Waals surface area contributed by atoms with Crippen LogP contribution >= 0.6 is 11.6 Å². The fourth-order valence-electron chi connectivity index (χ4n) is 2.90. The largest absolute Gasteiger partial charge is 0.444 e. The third kappa shape index (κ3) is 6.53. The summed E-state index contributed by atoms with van der Waals surface area (Å²) in [5.41, 5.74) is 0.730. The minimum atomic E-state index is -0.545. The summed E-state index contributed by atoms with van der Waals surface area (Å²) in [5.74, 6) is -0.158. The summed E-state index contributed by atoms with van der Waals surface area (Å²) in [6.07, 6.45) is 3.09. The molecule has 0 radical (unpaired) electrons. The van der Waals surface area contributed by atoms with Gasteiger partial charge in [-0.05, 0) is 32.4 Å². The molecule has 1 atom stereocenters. The number of carbonyl (C=O) groups is 2. The lowest BCUT2D eigenvalue weighted by atomic mass is 9.97. The van der Waals surface area contributed by atoms with Gasteiger partial charge in [0.05, 0.1) is 24.3 Å². The first-order chi connectivity index (χ1) is 13.1. The highest BCUT2D eigenvalue weighted by molar-refractivity contribution is 6.34. The molecule has 1 amide bonds. The van der Waals surface area contributed by atoms with Crippen molar-refractivity contribution < 1.29 is 19.1 Å². The average molecular weight is 409 g/mol. The number of carbonyl (C=O) groups excluding carboxylic acids is 2. The van der Waals surface area contributed by atoms with Gasteiger partial charge < -0.3 is 19.3 Å². The van der Waals surface area contributed by atoms with Crippen molar-refractivity contribution in [3.63, 3.8) is 0 Å². The number of nitrogens with zero attached hydrogens (tertiary/aromatic N) is 2. The molecule has 1 aromatic carbocycles. The van der Waals surface area contributed by atoms with Crippen LogP contribution in [0.2, 0.25) is 5.02 Å². The van der Waals surface area contributed by atoms with Crippen LogP contribution in [0.3, 0.4) is 0 Å². The lowest BCUT2D eigenvalue weighted by Gasteiger charge is -2.34. The molecule has 1 saturated heterocycles. The standard InChI is InChI=1S/C21H29ClN2O4/c1-21(2,3)28-20(26)24-11-12-27-16(14-24)13-15-7-6-8-17(22)19(15)18(25)9-10-23(4)5/h6-10,16H,11-14H2,1-5H3/b10-9+. The van der Waals surface area contributed by atoms with Crippen molar-refractivity contribution in [1.82, 2.24) is 9.80 Å². The van der Waals surface area contributed by atoms with Crippen LogP contribution in [-0.2, 0) is 15.9 Å². The molecule has 0 aromatic heterocycles. The smallest absolute Gasteiger partial charge is 0.410 e. The molecule has 0 aliphatic carbocycles. The number of amides is 1. The van der Waals surface area contributed by atoms with Crippen molar-refractivity contribution in [2.75, 3.05) is 33.8 Å². The van der Waals surface area contributed by atoms with E-state index in [0.29, 0.717) is 36.7 Å². The third-order valence-corrected chi connectivity index (χ3v) is 4.42. The zero-order valence-corrected chi connectivity index (χ0v) is 18.0. The number of ketones is 1. The quantitative estimate of drug-likeness (QED) is 0.548. The first kappa shape index (κ1) is 22.2. The van der Waals surface area contributed by atoms with Gasteiger partial charge in [0.15, 0.2) is 5.78 Å². The van der Waals surface area contributed by atoms with Gasteiger partial charge in [0.2, 0.25) is 0 Å². The number of allylic oxidation sites excluding steroid dienone is 1. The molecule has 0 saturated carbocycles. The monoisotopic (exact) mass is 408 g/mol. The number of halogens is 1. The first-order valence-corrected chi connectivity index (χ1v) is 9.70. The first-order valence-electron chi connectivity index (χ1n) is 9.32. The predicted molar refractivity (Wildman–Crippen MR) is 110 cm³/mol. The molecule has 2 rings (SSSR count). The molecule has 6 nitrogen and oxygen atoms in total. The second kappa shape index (κ2) is 9.43. The summed E-state index contributed by atoms with van der Waals surface area (Å²) in [5, 5.41) is 0.408. The molecule has 1 aliphatic heterocycles. The lowest BCUT2D eigenvalue weighted by molar-refractivity contribution is -0.0415. The topological polar surface area (TPSA) is 59.1 Å². The van der Waals surface area contributed by atoms with Crippen LogP contribution in [0.4, 0.5) is 4.79 Å². The van der Waals surface area contributed by atoms with Gasteiger partial charge in [0, 0.05) is 44.9 Å². The number of hydrogen-bond donors (Lipinski definition) is 0. The number of morpholine rings is 1. The Bertz CT molecular complexity index is 740. The number of rotatable bonds is 5. The van der Waals surface area contributed by atoms with Crippen molar-refractivity contribution in [3.05, 3.63) is 46.6 Å². The molecule has 28 heavy (non-hydrogen) atoms. The molecule has 7 heteroatoms. The Hall–Kier alpha value is -2.05. The van der Waals surface area contributed by atoms with Crippen LogP contribution in [0.25, 0.3) is 0 Å². The van der Waals surface area contributed by atoms with Crippen molar-refractivity contribution >= 4 is 23.5 Å².